The molecule has 16 heavy (non-hydrogen) atoms. The maximum atomic E-state index is 10.8. The second-order valence-electron chi connectivity index (χ2n) is 3.26. The van der Waals surface area contributed by atoms with Crippen molar-refractivity contribution in [1.29, 1.82) is 0 Å². The van der Waals surface area contributed by atoms with E-state index in [0.717, 1.165) is 16.5 Å². The number of fused-ring (bicyclic) bond motifs is 1. The van der Waals surface area contributed by atoms with Gasteiger partial charge in [0, 0.05) is 17.3 Å². The minimum absolute atomic E-state index is 0.263. The number of pyridine rings is 1. The number of para-hydroxylation sites is 1. The minimum atomic E-state index is -4.02. The van der Waals surface area contributed by atoms with Gasteiger partial charge in [0.1, 0.15) is 0 Å². The zero-order valence-corrected chi connectivity index (χ0v) is 9.99. The van der Waals surface area contributed by atoms with E-state index in [1.807, 2.05) is 30.3 Å². The average Bonchev–Trinajstić information content (AvgIpc) is 2.25. The molecule has 4 nitrogen and oxygen atoms in total. The predicted molar refractivity (Wildman–Crippen MR) is 65.1 cm³/mol. The molecule has 0 atom stereocenters. The van der Waals surface area contributed by atoms with Crippen LogP contribution in [0.1, 0.15) is 5.56 Å². The van der Waals surface area contributed by atoms with Gasteiger partial charge in [-0.15, -0.1) is 0 Å². The molecule has 2 aromatic rings. The fourth-order valence-corrected chi connectivity index (χ4v) is 2.90. The monoisotopic (exact) mass is 255 g/mol. The molecule has 0 aliphatic carbocycles. The summed E-state index contributed by atoms with van der Waals surface area (Å²) >= 11 is 0.628. The van der Waals surface area contributed by atoms with Crippen LogP contribution >= 0.6 is 18.2 Å². The molecule has 2 N–H and O–H groups in total. The molecule has 0 spiro atoms. The Morgan fingerprint density at radius 3 is 2.75 bits per heavy atom. The van der Waals surface area contributed by atoms with E-state index in [0.29, 0.717) is 11.4 Å². The van der Waals surface area contributed by atoms with Gasteiger partial charge in [-0.05, 0) is 23.0 Å². The van der Waals surface area contributed by atoms with Crippen molar-refractivity contribution in [2.75, 3.05) is 0 Å². The van der Waals surface area contributed by atoms with Crippen molar-refractivity contribution >= 4 is 29.1 Å². The summed E-state index contributed by atoms with van der Waals surface area (Å²) in [7, 11) is 0. The van der Waals surface area contributed by atoms with Crippen LogP contribution in [0.5, 0.6) is 0 Å². The van der Waals surface area contributed by atoms with Gasteiger partial charge in [0.25, 0.3) is 0 Å². The predicted octanol–water partition coefficient (Wildman–Crippen LogP) is 2.56. The molecule has 0 aliphatic heterocycles. The average molecular weight is 255 g/mol. The lowest BCUT2D eigenvalue weighted by Crippen LogP contribution is -1.86. The Labute approximate surface area is 96.6 Å². The van der Waals surface area contributed by atoms with Crippen LogP contribution in [0.15, 0.2) is 36.5 Å². The van der Waals surface area contributed by atoms with Crippen molar-refractivity contribution in [3.8, 4) is 0 Å². The van der Waals surface area contributed by atoms with E-state index in [1.54, 1.807) is 6.20 Å². The van der Waals surface area contributed by atoms with E-state index in [1.165, 1.54) is 0 Å². The van der Waals surface area contributed by atoms with Gasteiger partial charge in [-0.2, -0.15) is 0 Å². The maximum Gasteiger partial charge on any atom is 0.384 e. The van der Waals surface area contributed by atoms with Crippen LogP contribution in [0.2, 0.25) is 0 Å². The van der Waals surface area contributed by atoms with Crippen molar-refractivity contribution in [3.05, 3.63) is 42.1 Å². The lowest BCUT2D eigenvalue weighted by Gasteiger charge is -2.05. The molecule has 0 amide bonds. The lowest BCUT2D eigenvalue weighted by molar-refractivity contribution is 0.397. The highest BCUT2D eigenvalue weighted by atomic mass is 32.7. The standard InChI is InChI=1S/C10H10NO3PS/c12-15(13,14)16-7-9-4-1-3-8-5-2-6-11-10(8)9/h1-6H,7H2,(H2,12,13,14). The summed E-state index contributed by atoms with van der Waals surface area (Å²) in [6.45, 7) is -4.02. The van der Waals surface area contributed by atoms with Crippen LogP contribution < -0.4 is 0 Å². The van der Waals surface area contributed by atoms with Crippen LogP contribution in [0, 0.1) is 0 Å². The zero-order chi connectivity index (χ0) is 11.6. The molecule has 6 heteroatoms. The first kappa shape index (κ1) is 11.6. The van der Waals surface area contributed by atoms with Crippen LogP contribution in [0.4, 0.5) is 0 Å². The molecule has 0 saturated heterocycles. The quantitative estimate of drug-likeness (QED) is 0.825. The summed E-state index contributed by atoms with van der Waals surface area (Å²) < 4.78 is 10.8. The smallest absolute Gasteiger partial charge is 0.317 e. The summed E-state index contributed by atoms with van der Waals surface area (Å²) in [5, 5.41) is 0.978. The Bertz CT molecular complexity index is 549. The molecule has 2 rings (SSSR count). The van der Waals surface area contributed by atoms with E-state index in [4.69, 9.17) is 9.79 Å². The molecular weight excluding hydrogens is 245 g/mol. The fourth-order valence-electron chi connectivity index (χ4n) is 1.44. The van der Waals surface area contributed by atoms with E-state index in [2.05, 4.69) is 4.98 Å². The normalized spacial score (nSPS) is 11.9. The van der Waals surface area contributed by atoms with Gasteiger partial charge in [-0.25, -0.2) is 4.57 Å². The van der Waals surface area contributed by atoms with Crippen molar-refractivity contribution < 1.29 is 14.4 Å². The van der Waals surface area contributed by atoms with Gasteiger partial charge in [-0.1, -0.05) is 24.3 Å². The SMILES string of the molecule is O=P(O)(O)SCc1cccc2cccnc12. The zero-order valence-electron chi connectivity index (χ0n) is 8.28. The highest BCUT2D eigenvalue weighted by molar-refractivity contribution is 8.54. The summed E-state index contributed by atoms with van der Waals surface area (Å²) in [4.78, 5) is 21.8. The van der Waals surface area contributed by atoms with Crippen LogP contribution in [-0.2, 0) is 10.3 Å². The van der Waals surface area contributed by atoms with Gasteiger partial charge in [0.05, 0.1) is 5.52 Å². The van der Waals surface area contributed by atoms with Crippen LogP contribution in [0.3, 0.4) is 0 Å². The van der Waals surface area contributed by atoms with E-state index in [-0.39, 0.29) is 5.75 Å². The molecule has 0 unspecified atom stereocenters. The lowest BCUT2D eigenvalue weighted by atomic mass is 10.1. The number of rotatable bonds is 3. The largest absolute Gasteiger partial charge is 0.384 e. The third kappa shape index (κ3) is 2.83. The Kier molecular flexibility index (Phi) is 3.30. The molecule has 1 heterocycles. The Morgan fingerprint density at radius 2 is 2.00 bits per heavy atom. The molecular formula is C10H10NO3PS. The Balaban J connectivity index is 2.34. The summed E-state index contributed by atoms with van der Waals surface area (Å²) in [5.74, 6) is 0.263. The van der Waals surface area contributed by atoms with Crippen LogP contribution in [-0.4, -0.2) is 14.8 Å². The van der Waals surface area contributed by atoms with Crippen molar-refractivity contribution in [1.82, 2.24) is 4.98 Å². The van der Waals surface area contributed by atoms with Crippen molar-refractivity contribution in [2.24, 2.45) is 0 Å². The highest BCUT2D eigenvalue weighted by Crippen LogP contribution is 2.51. The number of nitrogens with zero attached hydrogens (tertiary/aromatic N) is 1. The van der Waals surface area contributed by atoms with Crippen molar-refractivity contribution in [2.45, 2.75) is 5.75 Å². The van der Waals surface area contributed by atoms with E-state index >= 15 is 0 Å². The molecule has 84 valence electrons. The molecule has 0 aliphatic rings. The Morgan fingerprint density at radius 1 is 1.25 bits per heavy atom. The highest BCUT2D eigenvalue weighted by Gasteiger charge is 2.14. The molecule has 0 fully saturated rings. The van der Waals surface area contributed by atoms with Gasteiger partial charge >= 0.3 is 6.80 Å². The number of hydrogen-bond donors (Lipinski definition) is 2. The Hall–Kier alpha value is -0.870. The number of aromatic nitrogens is 1. The molecule has 0 bridgehead atoms. The second-order valence-corrected chi connectivity index (χ2v) is 6.99. The van der Waals surface area contributed by atoms with Gasteiger partial charge < -0.3 is 9.79 Å². The fraction of sp³-hybridized carbons (Fsp3) is 0.100. The van der Waals surface area contributed by atoms with Gasteiger partial charge in [-0.3, -0.25) is 4.98 Å². The van der Waals surface area contributed by atoms with Crippen LogP contribution in [0.25, 0.3) is 10.9 Å². The summed E-state index contributed by atoms with van der Waals surface area (Å²) in [6.07, 6.45) is 1.67. The third-order valence-corrected chi connectivity index (χ3v) is 4.28. The van der Waals surface area contributed by atoms with Crippen molar-refractivity contribution in [3.63, 3.8) is 0 Å². The first-order valence-corrected chi connectivity index (χ1v) is 7.79. The van der Waals surface area contributed by atoms with Gasteiger partial charge in [0.2, 0.25) is 0 Å². The minimum Gasteiger partial charge on any atom is -0.317 e. The summed E-state index contributed by atoms with van der Waals surface area (Å²) in [5.41, 5.74) is 1.64. The van der Waals surface area contributed by atoms with Gasteiger partial charge in [0.15, 0.2) is 0 Å². The van der Waals surface area contributed by atoms with E-state index in [9.17, 15) is 4.57 Å². The summed E-state index contributed by atoms with van der Waals surface area (Å²) in [6, 6.07) is 9.38. The molecule has 0 saturated carbocycles. The molecule has 1 aromatic carbocycles. The van der Waals surface area contributed by atoms with E-state index < -0.39 is 6.80 Å². The first-order valence-electron chi connectivity index (χ1n) is 4.59. The molecule has 0 radical (unpaired) electrons. The molecule has 1 aromatic heterocycles. The number of benzene rings is 1. The number of hydrogen-bond acceptors (Lipinski definition) is 3. The topological polar surface area (TPSA) is 70.4 Å². The second kappa shape index (κ2) is 4.55. The third-order valence-electron chi connectivity index (χ3n) is 2.10. The maximum absolute atomic E-state index is 10.8. The first-order chi connectivity index (χ1) is 7.56.